The Bertz CT molecular complexity index is 2020. The second-order valence-electron chi connectivity index (χ2n) is 12.7. The SMILES string of the molecule is Cc1ccc(N(c2ccc(C)cc2)c2ccc(-c3ccc(N(c4ccc(C)cc4)c4ccc(C)cc4)cc3-c3ccccc3)cc2)cc1. The predicted octanol–water partition coefficient (Wildman–Crippen LogP) is 13.2. The summed E-state index contributed by atoms with van der Waals surface area (Å²) in [5.74, 6) is 0. The van der Waals surface area contributed by atoms with Crippen molar-refractivity contribution < 1.29 is 0 Å². The molecule has 0 aliphatic rings. The number of benzene rings is 7. The lowest BCUT2D eigenvalue weighted by molar-refractivity contribution is 1.26. The molecular formula is C46H40N2. The first-order chi connectivity index (χ1) is 23.4. The van der Waals surface area contributed by atoms with Crippen LogP contribution in [0.4, 0.5) is 34.1 Å². The molecule has 7 aromatic carbocycles. The van der Waals surface area contributed by atoms with E-state index >= 15 is 0 Å². The largest absolute Gasteiger partial charge is 0.311 e. The standard InChI is InChI=1S/C46H40N2/c1-33-10-20-39(21-11-33)47(40-22-12-34(2)13-23-40)43-28-18-38(19-29-43)45-31-30-44(32-46(45)37-8-6-5-7-9-37)48(41-24-14-35(3)15-25-41)42-26-16-36(4)17-27-42/h5-32H,1-4H3. The van der Waals surface area contributed by atoms with Crippen molar-refractivity contribution in [3.63, 3.8) is 0 Å². The van der Waals surface area contributed by atoms with Gasteiger partial charge in [-0.25, -0.2) is 0 Å². The zero-order valence-electron chi connectivity index (χ0n) is 28.1. The van der Waals surface area contributed by atoms with Crippen LogP contribution in [0.2, 0.25) is 0 Å². The molecule has 0 amide bonds. The third kappa shape index (κ3) is 6.52. The molecule has 0 spiro atoms. The highest BCUT2D eigenvalue weighted by atomic mass is 15.1. The number of aryl methyl sites for hydroxylation is 4. The van der Waals surface area contributed by atoms with Gasteiger partial charge in [0.25, 0.3) is 0 Å². The van der Waals surface area contributed by atoms with Crippen LogP contribution in [0.1, 0.15) is 22.3 Å². The summed E-state index contributed by atoms with van der Waals surface area (Å²) in [6.07, 6.45) is 0. The molecule has 0 saturated heterocycles. The zero-order chi connectivity index (χ0) is 33.0. The normalized spacial score (nSPS) is 10.9. The molecule has 7 aromatic rings. The number of nitrogens with zero attached hydrogens (tertiary/aromatic N) is 2. The summed E-state index contributed by atoms with van der Waals surface area (Å²) in [6.45, 7) is 8.53. The van der Waals surface area contributed by atoms with E-state index in [9.17, 15) is 0 Å². The van der Waals surface area contributed by atoms with Gasteiger partial charge >= 0.3 is 0 Å². The fourth-order valence-corrected chi connectivity index (χ4v) is 6.24. The van der Waals surface area contributed by atoms with Crippen molar-refractivity contribution in [2.24, 2.45) is 0 Å². The van der Waals surface area contributed by atoms with Crippen LogP contribution >= 0.6 is 0 Å². The van der Waals surface area contributed by atoms with Crippen molar-refractivity contribution in [3.05, 3.63) is 192 Å². The second kappa shape index (κ2) is 13.5. The van der Waals surface area contributed by atoms with Crippen LogP contribution in [0, 0.1) is 27.7 Å². The van der Waals surface area contributed by atoms with E-state index in [2.05, 4.69) is 207 Å². The molecule has 0 N–H and O–H groups in total. The smallest absolute Gasteiger partial charge is 0.0468 e. The van der Waals surface area contributed by atoms with E-state index in [0.29, 0.717) is 0 Å². The molecule has 2 heteroatoms. The number of rotatable bonds is 8. The molecule has 0 heterocycles. The van der Waals surface area contributed by atoms with Gasteiger partial charge in [0.2, 0.25) is 0 Å². The molecular weight excluding hydrogens is 581 g/mol. The minimum Gasteiger partial charge on any atom is -0.311 e. The average Bonchev–Trinajstić information content (AvgIpc) is 3.12. The van der Waals surface area contributed by atoms with E-state index in [1.54, 1.807) is 0 Å². The van der Waals surface area contributed by atoms with Gasteiger partial charge in [0.15, 0.2) is 0 Å². The predicted molar refractivity (Wildman–Crippen MR) is 206 cm³/mol. The van der Waals surface area contributed by atoms with Crippen LogP contribution in [0.25, 0.3) is 22.3 Å². The zero-order valence-corrected chi connectivity index (χ0v) is 28.1. The Morgan fingerprint density at radius 2 is 0.583 bits per heavy atom. The lowest BCUT2D eigenvalue weighted by Gasteiger charge is -2.27. The highest BCUT2D eigenvalue weighted by molar-refractivity contribution is 5.89. The summed E-state index contributed by atoms with van der Waals surface area (Å²) in [5.41, 5.74) is 16.5. The maximum absolute atomic E-state index is 2.35. The van der Waals surface area contributed by atoms with Gasteiger partial charge in [-0.05, 0) is 123 Å². The van der Waals surface area contributed by atoms with E-state index in [-0.39, 0.29) is 0 Å². The molecule has 0 bridgehead atoms. The van der Waals surface area contributed by atoms with E-state index in [4.69, 9.17) is 0 Å². The van der Waals surface area contributed by atoms with E-state index < -0.39 is 0 Å². The quantitative estimate of drug-likeness (QED) is 0.167. The lowest BCUT2D eigenvalue weighted by atomic mass is 9.93. The van der Waals surface area contributed by atoms with Crippen LogP contribution in [0.3, 0.4) is 0 Å². The van der Waals surface area contributed by atoms with E-state index in [1.807, 2.05) is 0 Å². The Morgan fingerprint density at radius 1 is 0.271 bits per heavy atom. The first-order valence-electron chi connectivity index (χ1n) is 16.6. The Morgan fingerprint density at radius 3 is 0.979 bits per heavy atom. The van der Waals surface area contributed by atoms with Gasteiger partial charge in [0.05, 0.1) is 0 Å². The van der Waals surface area contributed by atoms with Crippen molar-refractivity contribution in [3.8, 4) is 22.3 Å². The molecule has 0 aliphatic heterocycles. The monoisotopic (exact) mass is 620 g/mol. The third-order valence-electron chi connectivity index (χ3n) is 8.95. The molecule has 234 valence electrons. The second-order valence-corrected chi connectivity index (χ2v) is 12.7. The van der Waals surface area contributed by atoms with Gasteiger partial charge in [-0.1, -0.05) is 119 Å². The summed E-state index contributed by atoms with van der Waals surface area (Å²) < 4.78 is 0. The van der Waals surface area contributed by atoms with E-state index in [0.717, 1.165) is 34.1 Å². The Balaban J connectivity index is 1.33. The van der Waals surface area contributed by atoms with Crippen LogP contribution in [-0.2, 0) is 0 Å². The van der Waals surface area contributed by atoms with Crippen molar-refractivity contribution >= 4 is 34.1 Å². The minimum absolute atomic E-state index is 1.12. The van der Waals surface area contributed by atoms with Gasteiger partial charge in [0, 0.05) is 34.1 Å². The number of hydrogen-bond donors (Lipinski definition) is 0. The summed E-state index contributed by atoms with van der Waals surface area (Å²) >= 11 is 0. The third-order valence-corrected chi connectivity index (χ3v) is 8.95. The average molecular weight is 621 g/mol. The van der Waals surface area contributed by atoms with Crippen molar-refractivity contribution in [1.29, 1.82) is 0 Å². The van der Waals surface area contributed by atoms with Crippen LogP contribution in [0.15, 0.2) is 170 Å². The molecule has 7 rings (SSSR count). The van der Waals surface area contributed by atoms with Gasteiger partial charge in [-0.3, -0.25) is 0 Å². The Labute approximate surface area is 285 Å². The maximum atomic E-state index is 2.35. The summed E-state index contributed by atoms with van der Waals surface area (Å²) in [4.78, 5) is 4.67. The molecule has 0 saturated carbocycles. The Hall–Kier alpha value is -5.86. The molecule has 0 atom stereocenters. The van der Waals surface area contributed by atoms with Gasteiger partial charge < -0.3 is 9.80 Å². The molecule has 2 nitrogen and oxygen atoms in total. The Kier molecular flexibility index (Phi) is 8.64. The van der Waals surface area contributed by atoms with Crippen LogP contribution < -0.4 is 9.80 Å². The summed E-state index contributed by atoms with van der Waals surface area (Å²) in [7, 11) is 0. The molecule has 0 aromatic heterocycles. The molecule has 48 heavy (non-hydrogen) atoms. The van der Waals surface area contributed by atoms with Crippen LogP contribution in [-0.4, -0.2) is 0 Å². The highest BCUT2D eigenvalue weighted by Crippen LogP contribution is 2.42. The van der Waals surface area contributed by atoms with Crippen molar-refractivity contribution in [1.82, 2.24) is 0 Å². The molecule has 0 aliphatic carbocycles. The summed E-state index contributed by atoms with van der Waals surface area (Å²) in [6, 6.07) is 61.6. The minimum atomic E-state index is 1.12. The number of anilines is 6. The van der Waals surface area contributed by atoms with Gasteiger partial charge in [-0.15, -0.1) is 0 Å². The highest BCUT2D eigenvalue weighted by Gasteiger charge is 2.17. The maximum Gasteiger partial charge on any atom is 0.0468 e. The lowest BCUT2D eigenvalue weighted by Crippen LogP contribution is -2.10. The number of hydrogen-bond acceptors (Lipinski definition) is 2. The van der Waals surface area contributed by atoms with Crippen molar-refractivity contribution in [2.45, 2.75) is 27.7 Å². The molecule has 0 radical (unpaired) electrons. The fraction of sp³-hybridized carbons (Fsp3) is 0.0870. The molecule has 0 unspecified atom stereocenters. The topological polar surface area (TPSA) is 6.48 Å². The molecule has 0 fully saturated rings. The van der Waals surface area contributed by atoms with Crippen molar-refractivity contribution in [2.75, 3.05) is 9.80 Å². The first-order valence-corrected chi connectivity index (χ1v) is 16.6. The summed E-state index contributed by atoms with van der Waals surface area (Å²) in [5, 5.41) is 0. The fourth-order valence-electron chi connectivity index (χ4n) is 6.24. The van der Waals surface area contributed by atoms with Gasteiger partial charge in [0.1, 0.15) is 0 Å². The first kappa shape index (κ1) is 30.8. The van der Waals surface area contributed by atoms with Crippen LogP contribution in [0.5, 0.6) is 0 Å². The van der Waals surface area contributed by atoms with Gasteiger partial charge in [-0.2, -0.15) is 0 Å². The van der Waals surface area contributed by atoms with E-state index in [1.165, 1.54) is 44.5 Å².